The van der Waals surface area contributed by atoms with Crippen LogP contribution in [-0.2, 0) is 9.53 Å². The highest BCUT2D eigenvalue weighted by molar-refractivity contribution is 7.07. The quantitative estimate of drug-likeness (QED) is 0.602. The second-order valence-corrected chi connectivity index (χ2v) is 7.81. The number of carbonyl (C=O) groups excluding carboxylic acids is 1. The van der Waals surface area contributed by atoms with Gasteiger partial charge in [0.1, 0.15) is 17.3 Å². The van der Waals surface area contributed by atoms with Crippen LogP contribution in [0.5, 0.6) is 0 Å². The van der Waals surface area contributed by atoms with Crippen molar-refractivity contribution >= 4 is 23.4 Å². The monoisotopic (exact) mass is 426 g/mol. The highest BCUT2D eigenvalue weighted by atomic mass is 32.1. The molecule has 154 valence electrons. The molecule has 6 nitrogen and oxygen atoms in total. The number of allylic oxidation sites excluding steroid dienone is 1. The Kier molecular flexibility index (Phi) is 5.26. The Bertz CT molecular complexity index is 1330. The molecule has 4 rings (SSSR count). The van der Waals surface area contributed by atoms with Crippen molar-refractivity contribution in [1.82, 2.24) is 4.57 Å². The van der Waals surface area contributed by atoms with E-state index in [9.17, 15) is 14.0 Å². The zero-order chi connectivity index (χ0) is 21.4. The molecule has 0 radical (unpaired) electrons. The van der Waals surface area contributed by atoms with Gasteiger partial charge in [-0.25, -0.2) is 14.2 Å². The lowest BCUT2D eigenvalue weighted by molar-refractivity contribution is -0.139. The van der Waals surface area contributed by atoms with Crippen LogP contribution in [-0.4, -0.2) is 17.1 Å². The van der Waals surface area contributed by atoms with Crippen molar-refractivity contribution in [3.63, 3.8) is 0 Å². The lowest BCUT2D eigenvalue weighted by Gasteiger charge is -2.24. The fourth-order valence-electron chi connectivity index (χ4n) is 3.41. The Balaban J connectivity index is 1.96. The zero-order valence-electron chi connectivity index (χ0n) is 16.6. The molecule has 0 amide bonds. The first-order valence-corrected chi connectivity index (χ1v) is 10.2. The molecule has 3 heterocycles. The van der Waals surface area contributed by atoms with Crippen LogP contribution in [0.15, 0.2) is 61.9 Å². The molecule has 0 fully saturated rings. The van der Waals surface area contributed by atoms with Gasteiger partial charge in [-0.15, -0.1) is 0 Å². The Morgan fingerprint density at radius 2 is 2.00 bits per heavy atom. The fraction of sp³-hybridized carbons (Fsp3) is 0.227. The summed E-state index contributed by atoms with van der Waals surface area (Å²) < 4.78 is 26.2. The van der Waals surface area contributed by atoms with E-state index < -0.39 is 17.8 Å². The van der Waals surface area contributed by atoms with Crippen LogP contribution in [0.4, 0.5) is 4.39 Å². The second-order valence-electron chi connectivity index (χ2n) is 6.80. The standard InChI is InChI=1S/C22H19FN2O4S/c1-4-28-21(27)18-13(3)24-22-25(19(18)14-6-8-15(23)9-7-14)20(26)17(30-22)11-16-10-5-12(2)29-16/h5-11,19H,4H2,1-3H3/b17-11+/t19-/m0/s1. The largest absolute Gasteiger partial charge is 0.463 e. The molecule has 0 spiro atoms. The van der Waals surface area contributed by atoms with Crippen molar-refractivity contribution < 1.29 is 18.3 Å². The van der Waals surface area contributed by atoms with E-state index in [4.69, 9.17) is 9.15 Å². The number of fused-ring (bicyclic) bond motifs is 1. The summed E-state index contributed by atoms with van der Waals surface area (Å²) in [6.45, 7) is 5.42. The number of aromatic nitrogens is 1. The number of ether oxygens (including phenoxy) is 1. The summed E-state index contributed by atoms with van der Waals surface area (Å²) in [6, 6.07) is 8.55. The molecule has 0 aliphatic carbocycles. The second kappa shape index (κ2) is 7.87. The van der Waals surface area contributed by atoms with Crippen LogP contribution in [0.2, 0.25) is 0 Å². The smallest absolute Gasteiger partial charge is 0.338 e. The highest BCUT2D eigenvalue weighted by Crippen LogP contribution is 2.30. The maximum Gasteiger partial charge on any atom is 0.338 e. The average Bonchev–Trinajstić information content (AvgIpc) is 3.24. The van der Waals surface area contributed by atoms with Crippen molar-refractivity contribution in [1.29, 1.82) is 0 Å². The van der Waals surface area contributed by atoms with Gasteiger partial charge in [-0.05, 0) is 50.6 Å². The maximum atomic E-state index is 13.5. The topological polar surface area (TPSA) is 73.8 Å². The molecule has 0 N–H and O–H groups in total. The van der Waals surface area contributed by atoms with Crippen LogP contribution >= 0.6 is 11.3 Å². The first-order valence-electron chi connectivity index (χ1n) is 9.40. The number of hydrogen-bond donors (Lipinski definition) is 0. The summed E-state index contributed by atoms with van der Waals surface area (Å²) in [4.78, 5) is 31.0. The van der Waals surface area contributed by atoms with Gasteiger partial charge in [-0.1, -0.05) is 23.5 Å². The van der Waals surface area contributed by atoms with Gasteiger partial charge < -0.3 is 9.15 Å². The molecule has 8 heteroatoms. The minimum absolute atomic E-state index is 0.189. The van der Waals surface area contributed by atoms with Gasteiger partial charge in [0.2, 0.25) is 0 Å². The number of halogens is 1. The Morgan fingerprint density at radius 3 is 2.63 bits per heavy atom. The predicted octanol–water partition coefficient (Wildman–Crippen LogP) is 2.84. The van der Waals surface area contributed by atoms with E-state index in [0.717, 1.165) is 5.76 Å². The summed E-state index contributed by atoms with van der Waals surface area (Å²) in [6.07, 6.45) is 1.65. The average molecular weight is 426 g/mol. The minimum Gasteiger partial charge on any atom is -0.463 e. The van der Waals surface area contributed by atoms with Crippen LogP contribution in [0.3, 0.4) is 0 Å². The maximum absolute atomic E-state index is 13.5. The SMILES string of the molecule is CCOC(=O)C1=C(C)N=c2s/c(=C/c3ccc(C)o3)c(=O)n2[C@H]1c1ccc(F)cc1. The molecule has 1 atom stereocenters. The first kappa shape index (κ1) is 20.0. The van der Waals surface area contributed by atoms with E-state index >= 15 is 0 Å². The van der Waals surface area contributed by atoms with E-state index in [1.807, 2.05) is 13.0 Å². The minimum atomic E-state index is -0.763. The molecule has 0 saturated heterocycles. The molecule has 3 aromatic rings. The van der Waals surface area contributed by atoms with Crippen molar-refractivity contribution in [3.05, 3.63) is 90.3 Å². The normalized spacial score (nSPS) is 16.4. The van der Waals surface area contributed by atoms with Gasteiger partial charge in [0.15, 0.2) is 4.80 Å². The van der Waals surface area contributed by atoms with Gasteiger partial charge in [0.25, 0.3) is 5.56 Å². The number of rotatable bonds is 4. The van der Waals surface area contributed by atoms with Crippen LogP contribution in [0, 0.1) is 12.7 Å². The lowest BCUT2D eigenvalue weighted by Crippen LogP contribution is -2.39. The summed E-state index contributed by atoms with van der Waals surface area (Å²) in [5.41, 5.74) is 1.01. The number of nitrogens with zero attached hydrogens (tertiary/aromatic N) is 2. The van der Waals surface area contributed by atoms with E-state index in [1.165, 1.54) is 28.0 Å². The molecular formula is C22H19FN2O4S. The number of esters is 1. The van der Waals surface area contributed by atoms with Crippen molar-refractivity contribution in [2.24, 2.45) is 4.99 Å². The number of carbonyl (C=O) groups is 1. The third-order valence-corrected chi connectivity index (χ3v) is 5.72. The number of benzene rings is 1. The fourth-order valence-corrected chi connectivity index (χ4v) is 4.44. The van der Waals surface area contributed by atoms with Gasteiger partial charge in [0.05, 0.1) is 28.5 Å². The molecule has 1 aliphatic rings. The van der Waals surface area contributed by atoms with Gasteiger partial charge in [-0.2, -0.15) is 0 Å². The van der Waals surface area contributed by atoms with Crippen LogP contribution in [0.1, 0.15) is 37.0 Å². The van der Waals surface area contributed by atoms with Crippen molar-refractivity contribution in [2.75, 3.05) is 6.61 Å². The number of aryl methyl sites for hydroxylation is 1. The van der Waals surface area contributed by atoms with Gasteiger partial charge >= 0.3 is 5.97 Å². The molecule has 0 saturated carbocycles. The van der Waals surface area contributed by atoms with E-state index in [0.29, 0.717) is 26.4 Å². The number of hydrogen-bond acceptors (Lipinski definition) is 6. The molecule has 1 aromatic carbocycles. The Morgan fingerprint density at radius 1 is 1.27 bits per heavy atom. The zero-order valence-corrected chi connectivity index (χ0v) is 17.5. The molecular weight excluding hydrogens is 407 g/mol. The summed E-state index contributed by atoms with van der Waals surface area (Å²) in [5, 5.41) is 0. The van der Waals surface area contributed by atoms with E-state index in [-0.39, 0.29) is 17.7 Å². The molecule has 30 heavy (non-hydrogen) atoms. The van der Waals surface area contributed by atoms with Gasteiger partial charge in [0, 0.05) is 6.08 Å². The van der Waals surface area contributed by atoms with Crippen LogP contribution < -0.4 is 14.9 Å². The summed E-state index contributed by atoms with van der Waals surface area (Å²) >= 11 is 1.21. The summed E-state index contributed by atoms with van der Waals surface area (Å²) in [7, 11) is 0. The van der Waals surface area contributed by atoms with Gasteiger partial charge in [-0.3, -0.25) is 9.36 Å². The lowest BCUT2D eigenvalue weighted by atomic mass is 9.96. The Hall–Kier alpha value is -3.26. The number of thiazole rings is 1. The van der Waals surface area contributed by atoms with Crippen molar-refractivity contribution in [3.8, 4) is 0 Å². The summed E-state index contributed by atoms with van der Waals surface area (Å²) in [5.74, 6) is 0.331. The Labute approximate surface area is 175 Å². The van der Waals surface area contributed by atoms with E-state index in [2.05, 4.69) is 4.99 Å². The molecule has 0 unspecified atom stereocenters. The van der Waals surface area contributed by atoms with E-state index in [1.54, 1.807) is 38.1 Å². The third kappa shape index (κ3) is 3.54. The third-order valence-electron chi connectivity index (χ3n) is 4.74. The molecule has 0 bridgehead atoms. The highest BCUT2D eigenvalue weighted by Gasteiger charge is 2.33. The predicted molar refractivity (Wildman–Crippen MR) is 110 cm³/mol. The van der Waals surface area contributed by atoms with Crippen LogP contribution in [0.25, 0.3) is 6.08 Å². The van der Waals surface area contributed by atoms with Crippen molar-refractivity contribution in [2.45, 2.75) is 26.8 Å². The molecule has 1 aliphatic heterocycles. The molecule has 2 aromatic heterocycles. The number of furan rings is 1. The first-order chi connectivity index (χ1) is 14.4.